The largest absolute Gasteiger partial charge is 0.550 e. The summed E-state index contributed by atoms with van der Waals surface area (Å²) in [4.78, 5) is 20.8. The quantitative estimate of drug-likeness (QED) is 0.524. The van der Waals surface area contributed by atoms with Gasteiger partial charge in [-0.1, -0.05) is 0 Å². The van der Waals surface area contributed by atoms with Gasteiger partial charge < -0.3 is 19.7 Å². The summed E-state index contributed by atoms with van der Waals surface area (Å²) >= 11 is 0. The van der Waals surface area contributed by atoms with Crippen molar-refractivity contribution < 1.29 is 19.2 Å². The van der Waals surface area contributed by atoms with E-state index in [9.17, 15) is 14.7 Å². The maximum Gasteiger partial charge on any atom is 0.217 e. The van der Waals surface area contributed by atoms with Crippen LogP contribution < -0.4 is 10.4 Å². The zero-order valence-corrected chi connectivity index (χ0v) is 9.00. The summed E-state index contributed by atoms with van der Waals surface area (Å²) in [7, 11) is 3.84. The second-order valence-corrected chi connectivity index (χ2v) is 3.99. The van der Waals surface area contributed by atoms with Crippen LogP contribution in [-0.4, -0.2) is 50.1 Å². The Balaban J connectivity index is 3.71. The maximum atomic E-state index is 10.6. The van der Waals surface area contributed by atoms with Crippen molar-refractivity contribution in [3.05, 3.63) is 0 Å². The van der Waals surface area contributed by atoms with Gasteiger partial charge in [0.1, 0.15) is 0 Å². The van der Waals surface area contributed by atoms with Crippen molar-refractivity contribution in [3.63, 3.8) is 0 Å². The maximum absolute atomic E-state index is 10.6. The fraction of sp³-hybridized carbons (Fsp3) is 0.778. The molecule has 0 fully saturated rings. The summed E-state index contributed by atoms with van der Waals surface area (Å²) in [5.74, 6) is -1.10. The average molecular weight is 202 g/mol. The number of nitrogens with zero attached hydrogens (tertiary/aromatic N) is 1. The topological polar surface area (TPSA) is 69.2 Å². The van der Waals surface area contributed by atoms with Gasteiger partial charge in [-0.15, -0.1) is 0 Å². The third-order valence-electron chi connectivity index (χ3n) is 2.01. The summed E-state index contributed by atoms with van der Waals surface area (Å²) in [6.07, 6.45) is 0.0487. The molecular formula is C9H18N2O3. The highest BCUT2D eigenvalue weighted by molar-refractivity contribution is 5.72. The predicted molar refractivity (Wildman–Crippen MR) is 50.2 cm³/mol. The molecule has 0 bridgehead atoms. The summed E-state index contributed by atoms with van der Waals surface area (Å²) < 4.78 is 0.564. The normalized spacial score (nSPS) is 11.1. The summed E-state index contributed by atoms with van der Waals surface area (Å²) in [5.41, 5.74) is 0. The van der Waals surface area contributed by atoms with Crippen LogP contribution in [0.1, 0.15) is 13.3 Å². The number of aliphatic carboxylic acids is 1. The Morgan fingerprint density at radius 2 is 1.86 bits per heavy atom. The van der Waals surface area contributed by atoms with Crippen molar-refractivity contribution in [3.8, 4) is 0 Å². The van der Waals surface area contributed by atoms with Crippen molar-refractivity contribution >= 4 is 11.9 Å². The monoisotopic (exact) mass is 202 g/mol. The molecule has 0 heterocycles. The molecule has 0 unspecified atom stereocenters. The molecule has 0 aliphatic carbocycles. The van der Waals surface area contributed by atoms with Gasteiger partial charge in [0, 0.05) is 19.3 Å². The highest BCUT2D eigenvalue weighted by Crippen LogP contribution is 1.97. The van der Waals surface area contributed by atoms with Gasteiger partial charge in [-0.05, 0) is 0 Å². The molecule has 0 rings (SSSR count). The van der Waals surface area contributed by atoms with E-state index >= 15 is 0 Å². The lowest BCUT2D eigenvalue weighted by atomic mass is 10.3. The van der Waals surface area contributed by atoms with E-state index in [2.05, 4.69) is 5.32 Å². The van der Waals surface area contributed by atoms with E-state index in [1.54, 1.807) is 0 Å². The highest BCUT2D eigenvalue weighted by Gasteiger charge is 2.13. The molecule has 0 saturated heterocycles. The van der Waals surface area contributed by atoms with Gasteiger partial charge in [-0.2, -0.15) is 0 Å². The van der Waals surface area contributed by atoms with Crippen molar-refractivity contribution in [2.75, 3.05) is 33.7 Å². The van der Waals surface area contributed by atoms with Crippen LogP contribution in [-0.2, 0) is 9.59 Å². The smallest absolute Gasteiger partial charge is 0.217 e. The van der Waals surface area contributed by atoms with Crippen molar-refractivity contribution in [2.24, 2.45) is 0 Å². The number of carbonyl (C=O) groups is 2. The van der Waals surface area contributed by atoms with E-state index in [4.69, 9.17) is 0 Å². The number of hydrogen-bond donors (Lipinski definition) is 1. The summed E-state index contributed by atoms with van der Waals surface area (Å²) in [6, 6.07) is 0. The van der Waals surface area contributed by atoms with Gasteiger partial charge in [0.05, 0.1) is 33.7 Å². The Morgan fingerprint density at radius 1 is 1.29 bits per heavy atom. The van der Waals surface area contributed by atoms with Gasteiger partial charge in [0.2, 0.25) is 5.91 Å². The fourth-order valence-electron chi connectivity index (χ4n) is 1.04. The molecule has 0 aromatic heterocycles. The van der Waals surface area contributed by atoms with Crippen LogP contribution in [0.3, 0.4) is 0 Å². The van der Waals surface area contributed by atoms with Crippen LogP contribution in [0.25, 0.3) is 0 Å². The summed E-state index contributed by atoms with van der Waals surface area (Å²) in [6.45, 7) is 3.26. The van der Waals surface area contributed by atoms with Crippen molar-refractivity contribution in [2.45, 2.75) is 13.3 Å². The Bertz CT molecular complexity index is 214. The lowest BCUT2D eigenvalue weighted by Crippen LogP contribution is -2.47. The number of hydrogen-bond acceptors (Lipinski definition) is 3. The predicted octanol–water partition coefficient (Wildman–Crippen LogP) is -1.66. The van der Waals surface area contributed by atoms with Crippen LogP contribution in [0.4, 0.5) is 0 Å². The van der Waals surface area contributed by atoms with Gasteiger partial charge in [0.25, 0.3) is 0 Å². The zero-order chi connectivity index (χ0) is 11.2. The second kappa shape index (κ2) is 5.59. The Morgan fingerprint density at radius 3 is 2.29 bits per heavy atom. The second-order valence-electron chi connectivity index (χ2n) is 3.99. The van der Waals surface area contributed by atoms with Crippen LogP contribution in [0.5, 0.6) is 0 Å². The van der Waals surface area contributed by atoms with Crippen molar-refractivity contribution in [1.82, 2.24) is 5.32 Å². The molecule has 5 nitrogen and oxygen atoms in total. The molecule has 1 N–H and O–H groups in total. The van der Waals surface area contributed by atoms with E-state index in [1.807, 2.05) is 14.1 Å². The minimum absolute atomic E-state index is 0.0487. The molecule has 0 aromatic carbocycles. The number of carboxylic acid groups (broad SMARTS) is 1. The molecule has 0 aliphatic rings. The Kier molecular flexibility index (Phi) is 5.15. The van der Waals surface area contributed by atoms with E-state index in [0.29, 0.717) is 24.1 Å². The molecule has 0 saturated carbocycles. The van der Waals surface area contributed by atoms with Crippen LogP contribution >= 0.6 is 0 Å². The van der Waals surface area contributed by atoms with Crippen LogP contribution in [0, 0.1) is 0 Å². The lowest BCUT2D eigenvalue weighted by molar-refractivity contribution is -0.888. The van der Waals surface area contributed by atoms with Crippen LogP contribution in [0.15, 0.2) is 0 Å². The standard InChI is InChI=1S/C9H18N2O3/c1-8(12)10-5-7-11(2,3)6-4-9(13)14/h4-7H2,1-3H3,(H-,10,12,13,14). The van der Waals surface area contributed by atoms with Crippen LogP contribution in [0.2, 0.25) is 0 Å². The lowest BCUT2D eigenvalue weighted by Gasteiger charge is -2.29. The highest BCUT2D eigenvalue weighted by atomic mass is 16.4. The molecule has 82 valence electrons. The molecular weight excluding hydrogens is 184 g/mol. The first kappa shape index (κ1) is 12.9. The first-order valence-corrected chi connectivity index (χ1v) is 4.60. The SMILES string of the molecule is CC(=O)NCC[N+](C)(C)CCC(=O)[O-]. The summed E-state index contributed by atoms with van der Waals surface area (Å²) in [5, 5.41) is 12.9. The molecule has 0 radical (unpaired) electrons. The number of carboxylic acids is 1. The van der Waals surface area contributed by atoms with Gasteiger partial charge in [-0.3, -0.25) is 4.79 Å². The number of carbonyl (C=O) groups excluding carboxylic acids is 2. The average Bonchev–Trinajstić information content (AvgIpc) is 2.00. The number of nitrogens with one attached hydrogen (secondary N) is 1. The van der Waals surface area contributed by atoms with E-state index in [0.717, 1.165) is 0 Å². The number of amides is 1. The number of quaternary nitrogens is 1. The van der Waals surface area contributed by atoms with E-state index < -0.39 is 5.97 Å². The molecule has 0 aromatic rings. The number of rotatable bonds is 6. The first-order valence-electron chi connectivity index (χ1n) is 4.60. The van der Waals surface area contributed by atoms with Gasteiger partial charge in [0.15, 0.2) is 0 Å². The minimum Gasteiger partial charge on any atom is -0.550 e. The Hall–Kier alpha value is -1.10. The third kappa shape index (κ3) is 7.54. The van der Waals surface area contributed by atoms with E-state index in [-0.39, 0.29) is 12.3 Å². The molecule has 5 heteroatoms. The number of likely N-dealkylation sites (N-methyl/N-ethyl adjacent to an activating group) is 1. The first-order chi connectivity index (χ1) is 6.33. The van der Waals surface area contributed by atoms with Gasteiger partial charge >= 0.3 is 0 Å². The molecule has 14 heavy (non-hydrogen) atoms. The fourth-order valence-corrected chi connectivity index (χ4v) is 1.04. The molecule has 0 aliphatic heterocycles. The minimum atomic E-state index is -1.03. The molecule has 0 atom stereocenters. The third-order valence-corrected chi connectivity index (χ3v) is 2.01. The Labute approximate surface area is 84.3 Å². The molecule has 0 spiro atoms. The van der Waals surface area contributed by atoms with E-state index in [1.165, 1.54) is 6.92 Å². The van der Waals surface area contributed by atoms with Crippen molar-refractivity contribution in [1.29, 1.82) is 0 Å². The van der Waals surface area contributed by atoms with Gasteiger partial charge in [-0.25, -0.2) is 0 Å². The molecule has 1 amide bonds. The zero-order valence-electron chi connectivity index (χ0n) is 9.00.